The van der Waals surface area contributed by atoms with Gasteiger partial charge in [-0.3, -0.25) is 0 Å². The largest absolute Gasteiger partial charge is 0.504 e. The molecule has 1 aliphatic rings. The number of aromatic hydroxyl groups is 1. The zero-order valence-electron chi connectivity index (χ0n) is 11.9. The number of aryl methyl sites for hydroxylation is 1. The molecule has 3 N–H and O–H groups in total. The van der Waals surface area contributed by atoms with Crippen LogP contribution in [0.4, 0.5) is 5.95 Å². The summed E-state index contributed by atoms with van der Waals surface area (Å²) in [5, 5.41) is 26.1. The number of allylic oxidation sites excluding steroid dienone is 1. The molecule has 8 nitrogen and oxygen atoms in total. The lowest BCUT2D eigenvalue weighted by Gasteiger charge is -2.22. The van der Waals surface area contributed by atoms with Gasteiger partial charge in [0.15, 0.2) is 11.5 Å². The molecule has 0 bridgehead atoms. The van der Waals surface area contributed by atoms with Crippen LogP contribution in [0.2, 0.25) is 0 Å². The van der Waals surface area contributed by atoms with Crippen molar-refractivity contribution in [3.05, 3.63) is 41.4 Å². The Bertz CT molecular complexity index is 781. The monoisotopic (exact) mass is 302 g/mol. The van der Waals surface area contributed by atoms with Crippen molar-refractivity contribution in [2.24, 2.45) is 0 Å². The average molecular weight is 302 g/mol. The molecule has 2 heterocycles. The minimum absolute atomic E-state index is 0.0141. The average Bonchev–Trinajstić information content (AvgIpc) is 2.86. The molecule has 0 amide bonds. The molecule has 1 aliphatic heterocycles. The summed E-state index contributed by atoms with van der Waals surface area (Å²) in [4.78, 5) is 15.4. The van der Waals surface area contributed by atoms with E-state index in [9.17, 15) is 15.0 Å². The van der Waals surface area contributed by atoms with Gasteiger partial charge in [-0.1, -0.05) is 6.07 Å². The van der Waals surface area contributed by atoms with Crippen molar-refractivity contribution in [3.8, 4) is 11.5 Å². The molecule has 0 saturated heterocycles. The van der Waals surface area contributed by atoms with Crippen molar-refractivity contribution in [1.29, 1.82) is 0 Å². The molecule has 0 saturated carbocycles. The van der Waals surface area contributed by atoms with E-state index in [1.54, 1.807) is 23.7 Å². The molecule has 0 spiro atoms. The Morgan fingerprint density at radius 1 is 1.45 bits per heavy atom. The molecule has 1 aromatic heterocycles. The maximum Gasteiger partial charge on any atom is 0.352 e. The zero-order valence-corrected chi connectivity index (χ0v) is 11.9. The Morgan fingerprint density at radius 2 is 2.23 bits per heavy atom. The van der Waals surface area contributed by atoms with Gasteiger partial charge >= 0.3 is 5.97 Å². The van der Waals surface area contributed by atoms with Gasteiger partial charge in [-0.05, 0) is 30.7 Å². The Balaban J connectivity index is 2.11. The smallest absolute Gasteiger partial charge is 0.352 e. The van der Waals surface area contributed by atoms with Gasteiger partial charge < -0.3 is 20.3 Å². The normalized spacial score (nSPS) is 16.5. The molecular formula is C14H14N4O4. The number of carboxylic acid groups (broad SMARTS) is 1. The van der Waals surface area contributed by atoms with Crippen LogP contribution < -0.4 is 10.1 Å². The summed E-state index contributed by atoms with van der Waals surface area (Å²) in [5.74, 6) is 0.0925. The summed E-state index contributed by atoms with van der Waals surface area (Å²) in [5.41, 5.74) is 0.685. The van der Waals surface area contributed by atoms with E-state index in [2.05, 4.69) is 15.4 Å². The van der Waals surface area contributed by atoms with E-state index < -0.39 is 12.0 Å². The molecule has 0 fully saturated rings. The molecule has 8 heteroatoms. The van der Waals surface area contributed by atoms with Crippen LogP contribution in [0.3, 0.4) is 0 Å². The number of carbonyl (C=O) groups is 1. The molecule has 3 rings (SSSR count). The van der Waals surface area contributed by atoms with Gasteiger partial charge in [0.1, 0.15) is 17.6 Å². The fraction of sp³-hybridized carbons (Fsp3) is 0.214. The van der Waals surface area contributed by atoms with Crippen LogP contribution in [0.5, 0.6) is 11.5 Å². The minimum Gasteiger partial charge on any atom is -0.504 e. The van der Waals surface area contributed by atoms with Crippen molar-refractivity contribution >= 4 is 11.9 Å². The number of nitrogens with zero attached hydrogens (tertiary/aromatic N) is 3. The van der Waals surface area contributed by atoms with Crippen LogP contribution in [0.15, 0.2) is 30.0 Å². The van der Waals surface area contributed by atoms with Gasteiger partial charge in [0.2, 0.25) is 5.95 Å². The number of hydrogen-bond acceptors (Lipinski definition) is 6. The Labute approximate surface area is 125 Å². The van der Waals surface area contributed by atoms with E-state index in [1.807, 2.05) is 0 Å². The van der Waals surface area contributed by atoms with Gasteiger partial charge in [-0.25, -0.2) is 9.48 Å². The quantitative estimate of drug-likeness (QED) is 0.783. The molecule has 22 heavy (non-hydrogen) atoms. The number of phenols is 1. The Hall–Kier alpha value is -3.03. The van der Waals surface area contributed by atoms with Crippen LogP contribution in [0.1, 0.15) is 17.4 Å². The number of fused-ring (bicyclic) bond motifs is 1. The van der Waals surface area contributed by atoms with Gasteiger partial charge in [0, 0.05) is 0 Å². The highest BCUT2D eigenvalue weighted by Gasteiger charge is 2.27. The predicted molar refractivity (Wildman–Crippen MR) is 76.9 cm³/mol. The second-order valence-corrected chi connectivity index (χ2v) is 4.81. The molecular weight excluding hydrogens is 288 g/mol. The number of nitrogens with one attached hydrogen (secondary N) is 1. The number of benzene rings is 1. The number of carboxylic acids is 1. The van der Waals surface area contributed by atoms with Crippen molar-refractivity contribution in [1.82, 2.24) is 14.8 Å². The van der Waals surface area contributed by atoms with E-state index in [1.165, 1.54) is 19.3 Å². The summed E-state index contributed by atoms with van der Waals surface area (Å²) >= 11 is 0. The fourth-order valence-electron chi connectivity index (χ4n) is 2.35. The van der Waals surface area contributed by atoms with E-state index in [4.69, 9.17) is 4.74 Å². The summed E-state index contributed by atoms with van der Waals surface area (Å²) in [6, 6.07) is 4.39. The lowest BCUT2D eigenvalue weighted by atomic mass is 10.0. The highest BCUT2D eigenvalue weighted by molar-refractivity contribution is 5.90. The first-order valence-electron chi connectivity index (χ1n) is 6.52. The van der Waals surface area contributed by atoms with Crippen LogP contribution in [0.25, 0.3) is 0 Å². The van der Waals surface area contributed by atoms with Gasteiger partial charge in [0.05, 0.1) is 7.11 Å². The third-order valence-electron chi connectivity index (χ3n) is 3.35. The molecule has 114 valence electrons. The van der Waals surface area contributed by atoms with Crippen LogP contribution in [-0.4, -0.2) is 38.1 Å². The predicted octanol–water partition coefficient (Wildman–Crippen LogP) is 1.28. The van der Waals surface area contributed by atoms with E-state index in [0.29, 0.717) is 23.1 Å². The van der Waals surface area contributed by atoms with Crippen LogP contribution in [-0.2, 0) is 4.79 Å². The molecule has 0 radical (unpaired) electrons. The van der Waals surface area contributed by atoms with Crippen molar-refractivity contribution in [2.45, 2.75) is 13.0 Å². The Kier molecular flexibility index (Phi) is 3.21. The highest BCUT2D eigenvalue weighted by atomic mass is 16.5. The topological polar surface area (TPSA) is 110 Å². The molecule has 0 aliphatic carbocycles. The second kappa shape index (κ2) is 5.06. The number of ether oxygens (including phenoxy) is 1. The van der Waals surface area contributed by atoms with Gasteiger partial charge in [0.25, 0.3) is 0 Å². The third-order valence-corrected chi connectivity index (χ3v) is 3.35. The standard InChI is InChI=1S/C14H14N4O4/c1-7-15-14-16-9(13(20)21)6-10(18(14)17-7)8-3-4-12(22-2)11(19)5-8/h3-6,10,19H,1-2H3,(H,20,21)(H,15,16,17)/t10-/m1/s1. The first-order valence-corrected chi connectivity index (χ1v) is 6.52. The number of phenolic OH excluding ortho intramolecular Hbond substituents is 1. The molecule has 2 aromatic rings. The molecule has 0 unspecified atom stereocenters. The summed E-state index contributed by atoms with van der Waals surface area (Å²) < 4.78 is 6.59. The summed E-state index contributed by atoms with van der Waals surface area (Å²) in [7, 11) is 1.46. The van der Waals surface area contributed by atoms with E-state index in [0.717, 1.165) is 0 Å². The number of methoxy groups -OCH3 is 1. The number of anilines is 1. The highest BCUT2D eigenvalue weighted by Crippen LogP contribution is 2.34. The van der Waals surface area contributed by atoms with Crippen molar-refractivity contribution in [3.63, 3.8) is 0 Å². The first kappa shape index (κ1) is 13.9. The fourth-order valence-corrected chi connectivity index (χ4v) is 2.35. The lowest BCUT2D eigenvalue weighted by molar-refractivity contribution is -0.132. The minimum atomic E-state index is -1.09. The van der Waals surface area contributed by atoms with Crippen LogP contribution in [0, 0.1) is 6.92 Å². The van der Waals surface area contributed by atoms with Gasteiger partial charge in [-0.15, -0.1) is 0 Å². The Morgan fingerprint density at radius 3 is 2.86 bits per heavy atom. The molecule has 1 aromatic carbocycles. The van der Waals surface area contributed by atoms with E-state index in [-0.39, 0.29) is 11.4 Å². The number of aromatic nitrogens is 3. The maximum absolute atomic E-state index is 11.3. The SMILES string of the molecule is COc1ccc([C@H]2C=C(C(=O)O)Nc3nc(C)nn32)cc1O. The maximum atomic E-state index is 11.3. The van der Waals surface area contributed by atoms with Crippen molar-refractivity contribution in [2.75, 3.05) is 12.4 Å². The number of hydrogen-bond donors (Lipinski definition) is 3. The van der Waals surface area contributed by atoms with Crippen LogP contribution >= 0.6 is 0 Å². The second-order valence-electron chi connectivity index (χ2n) is 4.81. The molecule has 1 atom stereocenters. The van der Waals surface area contributed by atoms with Crippen molar-refractivity contribution < 1.29 is 19.7 Å². The number of rotatable bonds is 3. The summed E-state index contributed by atoms with van der Waals surface area (Å²) in [6.45, 7) is 1.72. The number of aliphatic carboxylic acids is 1. The third kappa shape index (κ3) is 2.24. The van der Waals surface area contributed by atoms with E-state index >= 15 is 0 Å². The zero-order chi connectivity index (χ0) is 15.9. The summed E-state index contributed by atoms with van der Waals surface area (Å²) in [6.07, 6.45) is 1.52. The first-order chi connectivity index (χ1) is 10.5. The lowest BCUT2D eigenvalue weighted by Crippen LogP contribution is -2.24. The van der Waals surface area contributed by atoms with Gasteiger partial charge in [-0.2, -0.15) is 10.1 Å².